The second kappa shape index (κ2) is 8.92. The summed E-state index contributed by atoms with van der Waals surface area (Å²) >= 11 is 5.93. The Morgan fingerprint density at radius 3 is 2.42 bits per heavy atom. The van der Waals surface area contributed by atoms with Gasteiger partial charge in [-0.05, 0) is 29.3 Å². The van der Waals surface area contributed by atoms with Gasteiger partial charge in [-0.15, -0.1) is 0 Å². The van der Waals surface area contributed by atoms with Gasteiger partial charge in [0.1, 0.15) is 17.6 Å². The molecule has 2 heterocycles. The Labute approximate surface area is 195 Å². The lowest BCUT2D eigenvalue weighted by Crippen LogP contribution is -2.29. The van der Waals surface area contributed by atoms with E-state index in [0.29, 0.717) is 29.1 Å². The zero-order valence-corrected chi connectivity index (χ0v) is 18.5. The van der Waals surface area contributed by atoms with Crippen molar-refractivity contribution in [3.05, 3.63) is 112 Å². The van der Waals surface area contributed by atoms with Crippen LogP contribution in [0.5, 0.6) is 0 Å². The van der Waals surface area contributed by atoms with Crippen LogP contribution in [-0.4, -0.2) is 20.0 Å². The minimum Gasteiger partial charge on any atom is -0.350 e. The maximum Gasteiger partial charge on any atom is 0.278 e. The largest absolute Gasteiger partial charge is 0.350 e. The quantitative estimate of drug-likeness (QED) is 0.412. The highest BCUT2D eigenvalue weighted by Crippen LogP contribution is 2.25. The molecule has 0 aliphatic carbocycles. The number of nitrogens with zero attached hydrogens (tertiary/aromatic N) is 3. The molecule has 7 heteroatoms. The van der Waals surface area contributed by atoms with Gasteiger partial charge in [0, 0.05) is 17.0 Å². The topological polar surface area (TPSA) is 68.9 Å². The number of hydrogen-bond donors (Lipinski definition) is 1. The van der Waals surface area contributed by atoms with E-state index in [9.17, 15) is 9.59 Å². The van der Waals surface area contributed by atoms with E-state index >= 15 is 0 Å². The number of aromatic nitrogens is 3. The summed E-state index contributed by atoms with van der Waals surface area (Å²) in [6.45, 7) is 0.806. The van der Waals surface area contributed by atoms with Crippen molar-refractivity contribution < 1.29 is 4.79 Å². The average molecular weight is 457 g/mol. The van der Waals surface area contributed by atoms with Gasteiger partial charge in [-0.25, -0.2) is 4.98 Å². The predicted octanol–water partition coefficient (Wildman–Crippen LogP) is 4.37. The molecule has 164 valence electrons. The van der Waals surface area contributed by atoms with Crippen molar-refractivity contribution in [3.63, 3.8) is 0 Å². The SMILES string of the molecule is O=C(Cn1c2ccccc2c2ncn(Cc3ccccc3)c(=O)c21)NCc1ccc(Cl)cc1. The first-order chi connectivity index (χ1) is 16.1. The number of hydrogen-bond acceptors (Lipinski definition) is 3. The van der Waals surface area contributed by atoms with Crippen LogP contribution in [0.15, 0.2) is 90.0 Å². The third-order valence-corrected chi connectivity index (χ3v) is 5.89. The molecule has 0 aliphatic rings. The third-order valence-electron chi connectivity index (χ3n) is 5.63. The van der Waals surface area contributed by atoms with E-state index in [4.69, 9.17) is 11.6 Å². The highest BCUT2D eigenvalue weighted by Gasteiger charge is 2.18. The fraction of sp³-hybridized carbons (Fsp3) is 0.115. The predicted molar refractivity (Wildman–Crippen MR) is 130 cm³/mol. The summed E-state index contributed by atoms with van der Waals surface area (Å²) in [5, 5.41) is 4.42. The number of carbonyl (C=O) groups is 1. The number of halogens is 1. The molecule has 0 saturated heterocycles. The Kier molecular flexibility index (Phi) is 5.67. The summed E-state index contributed by atoms with van der Waals surface area (Å²) in [5.74, 6) is -0.189. The normalized spacial score (nSPS) is 11.2. The highest BCUT2D eigenvalue weighted by molar-refractivity contribution is 6.30. The lowest BCUT2D eigenvalue weighted by Gasteiger charge is -2.10. The highest BCUT2D eigenvalue weighted by atomic mass is 35.5. The minimum absolute atomic E-state index is 0.0177. The van der Waals surface area contributed by atoms with E-state index in [1.807, 2.05) is 66.7 Å². The van der Waals surface area contributed by atoms with Gasteiger partial charge in [0.25, 0.3) is 5.56 Å². The zero-order chi connectivity index (χ0) is 22.8. The molecule has 5 rings (SSSR count). The number of nitrogens with one attached hydrogen (secondary N) is 1. The second-order valence-corrected chi connectivity index (χ2v) is 8.30. The van der Waals surface area contributed by atoms with Crippen LogP contribution in [-0.2, 0) is 24.4 Å². The number of para-hydroxylation sites is 1. The van der Waals surface area contributed by atoms with Crippen LogP contribution >= 0.6 is 11.6 Å². The van der Waals surface area contributed by atoms with Gasteiger partial charge >= 0.3 is 0 Å². The molecule has 5 aromatic rings. The molecule has 0 aliphatic heterocycles. The Morgan fingerprint density at radius 1 is 0.909 bits per heavy atom. The summed E-state index contributed by atoms with van der Waals surface area (Å²) in [4.78, 5) is 30.9. The van der Waals surface area contributed by atoms with Crippen molar-refractivity contribution in [2.75, 3.05) is 0 Å². The molecular formula is C26H21ClN4O2. The van der Waals surface area contributed by atoms with E-state index in [1.54, 1.807) is 27.6 Å². The van der Waals surface area contributed by atoms with Gasteiger partial charge < -0.3 is 9.88 Å². The first-order valence-corrected chi connectivity index (χ1v) is 11.0. The molecule has 0 fully saturated rings. The van der Waals surface area contributed by atoms with E-state index in [-0.39, 0.29) is 18.0 Å². The monoisotopic (exact) mass is 456 g/mol. The van der Waals surface area contributed by atoms with Crippen molar-refractivity contribution in [1.82, 2.24) is 19.4 Å². The molecule has 6 nitrogen and oxygen atoms in total. The third kappa shape index (κ3) is 4.25. The van der Waals surface area contributed by atoms with Crippen LogP contribution in [0.1, 0.15) is 11.1 Å². The van der Waals surface area contributed by atoms with Crippen LogP contribution in [0.3, 0.4) is 0 Å². The van der Waals surface area contributed by atoms with Gasteiger partial charge in [-0.1, -0.05) is 72.3 Å². The Balaban J connectivity index is 1.50. The minimum atomic E-state index is -0.189. The summed E-state index contributed by atoms with van der Waals surface area (Å²) in [6, 6.07) is 24.7. The molecule has 0 bridgehead atoms. The van der Waals surface area contributed by atoms with Gasteiger partial charge in [0.05, 0.1) is 18.4 Å². The summed E-state index contributed by atoms with van der Waals surface area (Å²) < 4.78 is 3.34. The number of rotatable bonds is 6. The fourth-order valence-electron chi connectivity index (χ4n) is 4.01. The summed E-state index contributed by atoms with van der Waals surface area (Å²) in [5.41, 5.74) is 3.61. The van der Waals surface area contributed by atoms with Gasteiger partial charge in [0.15, 0.2) is 0 Å². The molecule has 0 unspecified atom stereocenters. The molecule has 2 aromatic heterocycles. The maximum absolute atomic E-state index is 13.5. The number of amides is 1. The zero-order valence-electron chi connectivity index (χ0n) is 17.7. The van der Waals surface area contributed by atoms with E-state index < -0.39 is 0 Å². The van der Waals surface area contributed by atoms with Crippen LogP contribution in [0.4, 0.5) is 0 Å². The molecule has 1 amide bonds. The fourth-order valence-corrected chi connectivity index (χ4v) is 4.13. The standard InChI is InChI=1S/C26H21ClN4O2/c27-20-12-10-18(11-13-20)14-28-23(32)16-31-22-9-5-4-8-21(22)24-25(31)26(33)30(17-29-24)15-19-6-2-1-3-7-19/h1-13,17H,14-16H2,(H,28,32). The van der Waals surface area contributed by atoms with Crippen LogP contribution in [0.25, 0.3) is 21.9 Å². The molecule has 0 saturated carbocycles. The molecular weight excluding hydrogens is 436 g/mol. The lowest BCUT2D eigenvalue weighted by molar-refractivity contribution is -0.121. The first-order valence-electron chi connectivity index (χ1n) is 10.6. The number of carbonyl (C=O) groups excluding carboxylic acids is 1. The van der Waals surface area contributed by atoms with Crippen LogP contribution in [0.2, 0.25) is 5.02 Å². The maximum atomic E-state index is 13.5. The van der Waals surface area contributed by atoms with Crippen molar-refractivity contribution >= 4 is 39.4 Å². The average Bonchev–Trinajstić information content (AvgIpc) is 3.15. The second-order valence-electron chi connectivity index (χ2n) is 7.87. The first kappa shape index (κ1) is 21.0. The molecule has 0 atom stereocenters. The van der Waals surface area contributed by atoms with Gasteiger partial charge in [-0.3, -0.25) is 14.2 Å². The molecule has 1 N–H and O–H groups in total. The van der Waals surface area contributed by atoms with Crippen molar-refractivity contribution in [1.29, 1.82) is 0 Å². The van der Waals surface area contributed by atoms with Crippen molar-refractivity contribution in [3.8, 4) is 0 Å². The Morgan fingerprint density at radius 2 is 1.64 bits per heavy atom. The van der Waals surface area contributed by atoms with Crippen molar-refractivity contribution in [2.24, 2.45) is 0 Å². The molecule has 3 aromatic carbocycles. The number of benzene rings is 3. The van der Waals surface area contributed by atoms with Crippen molar-refractivity contribution in [2.45, 2.75) is 19.6 Å². The van der Waals surface area contributed by atoms with E-state index in [2.05, 4.69) is 10.3 Å². The molecule has 0 spiro atoms. The molecule has 33 heavy (non-hydrogen) atoms. The Bertz CT molecular complexity index is 1510. The smallest absolute Gasteiger partial charge is 0.278 e. The van der Waals surface area contributed by atoms with Gasteiger partial charge in [-0.2, -0.15) is 0 Å². The van der Waals surface area contributed by atoms with Gasteiger partial charge in [0.2, 0.25) is 5.91 Å². The van der Waals surface area contributed by atoms with Crippen LogP contribution < -0.4 is 10.9 Å². The summed E-state index contributed by atoms with van der Waals surface area (Å²) in [7, 11) is 0. The van der Waals surface area contributed by atoms with E-state index in [1.165, 1.54) is 0 Å². The Hall–Kier alpha value is -3.90. The summed E-state index contributed by atoms with van der Waals surface area (Å²) in [6.07, 6.45) is 1.58. The molecule has 0 radical (unpaired) electrons. The van der Waals surface area contributed by atoms with Crippen LogP contribution in [0, 0.1) is 0 Å². The van der Waals surface area contributed by atoms with E-state index in [0.717, 1.165) is 22.0 Å². The lowest BCUT2D eigenvalue weighted by atomic mass is 10.2. The number of fused-ring (bicyclic) bond motifs is 3.